The van der Waals surface area contributed by atoms with Crippen molar-refractivity contribution in [1.82, 2.24) is 0 Å². The fraction of sp³-hybridized carbons (Fsp3) is 0.294. The molecule has 0 spiro atoms. The van der Waals surface area contributed by atoms with Crippen LogP contribution in [0, 0.1) is 0 Å². The van der Waals surface area contributed by atoms with Crippen LogP contribution >= 0.6 is 0 Å². The molecule has 2 rings (SSSR count). The number of rotatable bonds is 3. The first-order valence-corrected chi connectivity index (χ1v) is 8.32. The van der Waals surface area contributed by atoms with E-state index in [1.807, 2.05) is 30.3 Å². The van der Waals surface area contributed by atoms with Gasteiger partial charge in [-0.3, -0.25) is 0 Å². The van der Waals surface area contributed by atoms with Gasteiger partial charge in [0.2, 0.25) is 0 Å². The number of sulfone groups is 1. The highest BCUT2D eigenvalue weighted by molar-refractivity contribution is 7.90. The molecule has 0 aliphatic carbocycles. The Bertz CT molecular complexity index is 680. The van der Waals surface area contributed by atoms with Gasteiger partial charge in [0, 0.05) is 0 Å². The molecule has 0 aliphatic heterocycles. The molecule has 0 amide bonds. The van der Waals surface area contributed by atoms with E-state index < -0.39 is 9.84 Å². The molecular formula is C17H20O2S. The lowest BCUT2D eigenvalue weighted by Crippen LogP contribution is -2.16. The van der Waals surface area contributed by atoms with Gasteiger partial charge in [-0.2, -0.15) is 0 Å². The summed E-state index contributed by atoms with van der Waals surface area (Å²) in [5.41, 5.74) is 1.89. The Kier molecular flexibility index (Phi) is 4.00. The summed E-state index contributed by atoms with van der Waals surface area (Å²) in [4.78, 5) is 0.378. The van der Waals surface area contributed by atoms with Crippen molar-refractivity contribution in [3.63, 3.8) is 0 Å². The maximum atomic E-state index is 12.5. The van der Waals surface area contributed by atoms with Crippen LogP contribution in [0.2, 0.25) is 0 Å². The van der Waals surface area contributed by atoms with E-state index in [0.717, 1.165) is 11.1 Å². The zero-order valence-electron chi connectivity index (χ0n) is 12.1. The van der Waals surface area contributed by atoms with Crippen LogP contribution in [0.4, 0.5) is 0 Å². The molecular weight excluding hydrogens is 268 g/mol. The van der Waals surface area contributed by atoms with Gasteiger partial charge in [-0.05, 0) is 28.7 Å². The van der Waals surface area contributed by atoms with E-state index >= 15 is 0 Å². The lowest BCUT2D eigenvalue weighted by molar-refractivity contribution is 0.579. The van der Waals surface area contributed by atoms with E-state index in [-0.39, 0.29) is 11.2 Å². The van der Waals surface area contributed by atoms with Crippen LogP contribution in [-0.4, -0.2) is 8.42 Å². The molecule has 2 aromatic carbocycles. The maximum absolute atomic E-state index is 12.5. The van der Waals surface area contributed by atoms with E-state index in [0.29, 0.717) is 4.90 Å². The summed E-state index contributed by atoms with van der Waals surface area (Å²) < 4.78 is 25.0. The van der Waals surface area contributed by atoms with Gasteiger partial charge < -0.3 is 0 Å². The van der Waals surface area contributed by atoms with Gasteiger partial charge in [0.25, 0.3) is 0 Å². The zero-order valence-corrected chi connectivity index (χ0v) is 12.9. The topological polar surface area (TPSA) is 34.1 Å². The summed E-state index contributed by atoms with van der Waals surface area (Å²) in [7, 11) is -3.30. The van der Waals surface area contributed by atoms with Crippen molar-refractivity contribution >= 4 is 9.84 Å². The standard InChI is InChI=1S/C17H20O2S/c1-17(2,3)16-12-8-7-9-14(16)13-20(18,19)15-10-5-4-6-11-15/h4-12H,13H2,1-3H3. The molecule has 0 saturated heterocycles. The van der Waals surface area contributed by atoms with Crippen molar-refractivity contribution in [3.8, 4) is 0 Å². The van der Waals surface area contributed by atoms with Crippen molar-refractivity contribution < 1.29 is 8.42 Å². The third-order valence-corrected chi connectivity index (χ3v) is 4.95. The average molecular weight is 288 g/mol. The molecule has 3 heteroatoms. The van der Waals surface area contributed by atoms with Crippen LogP contribution in [0.15, 0.2) is 59.5 Å². The Balaban J connectivity index is 2.41. The van der Waals surface area contributed by atoms with Crippen LogP contribution < -0.4 is 0 Å². The molecule has 0 saturated carbocycles. The van der Waals surface area contributed by atoms with Gasteiger partial charge in [-0.25, -0.2) is 8.42 Å². The summed E-state index contributed by atoms with van der Waals surface area (Å²) in [6.45, 7) is 6.29. The highest BCUT2D eigenvalue weighted by Crippen LogP contribution is 2.28. The molecule has 0 aliphatic rings. The lowest BCUT2D eigenvalue weighted by Gasteiger charge is -2.22. The molecule has 0 heterocycles. The summed E-state index contributed by atoms with van der Waals surface area (Å²) in [5.74, 6) is 0.0461. The summed E-state index contributed by atoms with van der Waals surface area (Å²) >= 11 is 0. The third kappa shape index (κ3) is 3.28. The number of benzene rings is 2. The molecule has 106 valence electrons. The molecule has 0 N–H and O–H groups in total. The minimum absolute atomic E-state index is 0.0461. The minimum Gasteiger partial charge on any atom is -0.223 e. The van der Waals surface area contributed by atoms with Crippen molar-refractivity contribution in [1.29, 1.82) is 0 Å². The smallest absolute Gasteiger partial charge is 0.182 e. The van der Waals surface area contributed by atoms with E-state index in [1.54, 1.807) is 24.3 Å². The fourth-order valence-electron chi connectivity index (χ4n) is 2.29. The Morgan fingerprint density at radius 1 is 0.850 bits per heavy atom. The molecule has 0 unspecified atom stereocenters. The van der Waals surface area contributed by atoms with Crippen molar-refractivity contribution in [3.05, 3.63) is 65.7 Å². The fourth-order valence-corrected chi connectivity index (χ4v) is 3.69. The normalized spacial score (nSPS) is 12.3. The van der Waals surface area contributed by atoms with Crippen LogP contribution in [0.5, 0.6) is 0 Å². The first kappa shape index (κ1) is 14.8. The predicted octanol–water partition coefficient (Wildman–Crippen LogP) is 3.96. The van der Waals surface area contributed by atoms with Gasteiger partial charge in [-0.1, -0.05) is 63.2 Å². The van der Waals surface area contributed by atoms with Gasteiger partial charge in [0.05, 0.1) is 10.6 Å². The Hall–Kier alpha value is -1.61. The van der Waals surface area contributed by atoms with E-state index in [2.05, 4.69) is 20.8 Å². The molecule has 0 atom stereocenters. The van der Waals surface area contributed by atoms with E-state index in [9.17, 15) is 8.42 Å². The first-order valence-electron chi connectivity index (χ1n) is 6.67. The van der Waals surface area contributed by atoms with Crippen LogP contribution in [0.1, 0.15) is 31.9 Å². The summed E-state index contributed by atoms with van der Waals surface area (Å²) in [6, 6.07) is 16.4. The van der Waals surface area contributed by atoms with Gasteiger partial charge in [0.15, 0.2) is 9.84 Å². The SMILES string of the molecule is CC(C)(C)c1ccccc1CS(=O)(=O)c1ccccc1. The van der Waals surface area contributed by atoms with Gasteiger partial charge >= 0.3 is 0 Å². The highest BCUT2D eigenvalue weighted by atomic mass is 32.2. The molecule has 0 radical (unpaired) electrons. The monoisotopic (exact) mass is 288 g/mol. The van der Waals surface area contributed by atoms with Crippen LogP contribution in [0.25, 0.3) is 0 Å². The first-order chi connectivity index (χ1) is 9.31. The van der Waals surface area contributed by atoms with E-state index in [1.165, 1.54) is 0 Å². The van der Waals surface area contributed by atoms with Crippen LogP contribution in [0.3, 0.4) is 0 Å². The molecule has 20 heavy (non-hydrogen) atoms. The summed E-state index contributed by atoms with van der Waals surface area (Å²) in [6.07, 6.45) is 0. The Labute approximate surface area is 121 Å². The third-order valence-electron chi connectivity index (χ3n) is 3.27. The van der Waals surface area contributed by atoms with Crippen molar-refractivity contribution in [2.75, 3.05) is 0 Å². The second-order valence-electron chi connectivity index (χ2n) is 5.98. The number of hydrogen-bond acceptors (Lipinski definition) is 2. The van der Waals surface area contributed by atoms with Crippen molar-refractivity contribution in [2.24, 2.45) is 0 Å². The zero-order chi connectivity index (χ0) is 14.8. The van der Waals surface area contributed by atoms with Gasteiger partial charge in [-0.15, -0.1) is 0 Å². The average Bonchev–Trinajstić information content (AvgIpc) is 2.39. The Morgan fingerprint density at radius 2 is 1.40 bits per heavy atom. The molecule has 2 nitrogen and oxygen atoms in total. The summed E-state index contributed by atoms with van der Waals surface area (Å²) in [5, 5.41) is 0. The van der Waals surface area contributed by atoms with Gasteiger partial charge in [0.1, 0.15) is 0 Å². The van der Waals surface area contributed by atoms with E-state index in [4.69, 9.17) is 0 Å². The lowest BCUT2D eigenvalue weighted by atomic mass is 9.84. The Morgan fingerprint density at radius 3 is 2.00 bits per heavy atom. The molecule has 0 fully saturated rings. The molecule has 0 aromatic heterocycles. The predicted molar refractivity (Wildman–Crippen MR) is 82.5 cm³/mol. The quantitative estimate of drug-likeness (QED) is 0.856. The van der Waals surface area contributed by atoms with Crippen LogP contribution in [-0.2, 0) is 21.0 Å². The highest BCUT2D eigenvalue weighted by Gasteiger charge is 2.22. The second kappa shape index (κ2) is 5.41. The molecule has 2 aromatic rings. The minimum atomic E-state index is -3.30. The molecule has 0 bridgehead atoms. The number of hydrogen-bond donors (Lipinski definition) is 0. The van der Waals surface area contributed by atoms with Crippen molar-refractivity contribution in [2.45, 2.75) is 36.8 Å². The largest absolute Gasteiger partial charge is 0.223 e. The second-order valence-corrected chi connectivity index (χ2v) is 7.97. The maximum Gasteiger partial charge on any atom is 0.182 e.